The monoisotopic (exact) mass is 175 g/mol. The van der Waals surface area contributed by atoms with Crippen molar-refractivity contribution in [2.45, 2.75) is 0 Å². The molecule has 0 radical (unpaired) electrons. The van der Waals surface area contributed by atoms with Gasteiger partial charge in [0.2, 0.25) is 0 Å². The fraction of sp³-hybridized carbons (Fsp3) is 0. The first-order valence-corrected chi connectivity index (χ1v) is 3.85. The Bertz CT molecular complexity index is 336. The van der Waals surface area contributed by atoms with E-state index in [1.54, 1.807) is 24.3 Å². The van der Waals surface area contributed by atoms with Crippen LogP contribution in [-0.2, 0) is 0 Å². The van der Waals surface area contributed by atoms with E-state index in [1.807, 2.05) is 0 Å². The van der Waals surface area contributed by atoms with Gasteiger partial charge < -0.3 is 0 Å². The second-order valence-electron chi connectivity index (χ2n) is 2.42. The number of nitrogens with zero attached hydrogens (tertiary/aromatic N) is 1. The van der Waals surface area contributed by atoms with Crippen molar-refractivity contribution in [1.82, 2.24) is 4.98 Å². The van der Waals surface area contributed by atoms with E-state index in [-0.39, 0.29) is 5.82 Å². The van der Waals surface area contributed by atoms with Crippen LogP contribution in [0.15, 0.2) is 49.7 Å². The van der Waals surface area contributed by atoms with Gasteiger partial charge in [0.05, 0.1) is 11.9 Å². The molecule has 0 fully saturated rings. The van der Waals surface area contributed by atoms with Gasteiger partial charge in [0, 0.05) is 0 Å². The minimum atomic E-state index is -0.342. The zero-order chi connectivity index (χ0) is 9.68. The second kappa shape index (κ2) is 4.36. The Labute approximate surface area is 76.9 Å². The van der Waals surface area contributed by atoms with Gasteiger partial charge in [-0.3, -0.25) is 4.98 Å². The van der Waals surface area contributed by atoms with Crippen LogP contribution in [0.25, 0.3) is 5.57 Å². The highest BCUT2D eigenvalue weighted by Gasteiger charge is 1.97. The Morgan fingerprint density at radius 3 is 2.62 bits per heavy atom. The predicted molar refractivity (Wildman–Crippen MR) is 52.6 cm³/mol. The third-order valence-corrected chi connectivity index (χ3v) is 1.54. The largest absolute Gasteiger partial charge is 0.253 e. The van der Waals surface area contributed by atoms with Gasteiger partial charge in [-0.05, 0) is 17.7 Å². The molecule has 0 aliphatic rings. The standard InChI is InChI=1S/C11H10FN/c1-3-5-9(4-2)11-7-6-10(12)8-13-11/h3-8H,1-2H2/b9-5+. The third kappa shape index (κ3) is 2.37. The molecule has 0 unspecified atom stereocenters. The molecule has 66 valence electrons. The first-order valence-electron chi connectivity index (χ1n) is 3.85. The van der Waals surface area contributed by atoms with Crippen LogP contribution in [0.2, 0.25) is 0 Å². The molecule has 0 spiro atoms. The molecule has 0 saturated carbocycles. The number of halogens is 1. The van der Waals surface area contributed by atoms with Crippen LogP contribution < -0.4 is 0 Å². The molecule has 0 N–H and O–H groups in total. The summed E-state index contributed by atoms with van der Waals surface area (Å²) in [5, 5.41) is 0. The lowest BCUT2D eigenvalue weighted by Gasteiger charge is -1.98. The van der Waals surface area contributed by atoms with Crippen molar-refractivity contribution in [3.63, 3.8) is 0 Å². The average molecular weight is 175 g/mol. The fourth-order valence-corrected chi connectivity index (χ4v) is 0.932. The highest BCUT2D eigenvalue weighted by Crippen LogP contribution is 2.12. The van der Waals surface area contributed by atoms with Crippen molar-refractivity contribution in [2.75, 3.05) is 0 Å². The van der Waals surface area contributed by atoms with Gasteiger partial charge in [-0.1, -0.05) is 31.4 Å². The highest BCUT2D eigenvalue weighted by atomic mass is 19.1. The van der Waals surface area contributed by atoms with Crippen molar-refractivity contribution in [2.24, 2.45) is 0 Å². The molecular weight excluding hydrogens is 165 g/mol. The number of aromatic nitrogens is 1. The lowest BCUT2D eigenvalue weighted by Crippen LogP contribution is -1.86. The summed E-state index contributed by atoms with van der Waals surface area (Å²) < 4.78 is 12.5. The van der Waals surface area contributed by atoms with E-state index in [0.29, 0.717) is 5.69 Å². The first-order chi connectivity index (χ1) is 6.27. The molecule has 0 aliphatic carbocycles. The maximum Gasteiger partial charge on any atom is 0.141 e. The number of rotatable bonds is 3. The van der Waals surface area contributed by atoms with E-state index < -0.39 is 0 Å². The second-order valence-corrected chi connectivity index (χ2v) is 2.42. The quantitative estimate of drug-likeness (QED) is 0.643. The van der Waals surface area contributed by atoms with Gasteiger partial charge in [0.1, 0.15) is 5.82 Å². The molecule has 0 amide bonds. The first kappa shape index (κ1) is 9.39. The molecule has 1 aromatic heterocycles. The van der Waals surface area contributed by atoms with Gasteiger partial charge in [-0.2, -0.15) is 0 Å². The maximum absolute atomic E-state index is 12.5. The SMILES string of the molecule is C=C/C=C(\C=C)c1ccc(F)cn1. The van der Waals surface area contributed by atoms with Gasteiger partial charge in [0.15, 0.2) is 0 Å². The van der Waals surface area contributed by atoms with Crippen LogP contribution in [0.1, 0.15) is 5.69 Å². The molecule has 1 nitrogen and oxygen atoms in total. The molecular formula is C11H10FN. The van der Waals surface area contributed by atoms with Gasteiger partial charge in [-0.25, -0.2) is 4.39 Å². The Hall–Kier alpha value is -1.70. The van der Waals surface area contributed by atoms with E-state index in [9.17, 15) is 4.39 Å². The molecule has 0 aliphatic heterocycles. The summed E-state index contributed by atoms with van der Waals surface area (Å²) in [5.41, 5.74) is 1.52. The highest BCUT2D eigenvalue weighted by molar-refractivity contribution is 5.72. The van der Waals surface area contributed by atoms with Gasteiger partial charge >= 0.3 is 0 Å². The number of pyridine rings is 1. The molecule has 1 heterocycles. The maximum atomic E-state index is 12.5. The van der Waals surface area contributed by atoms with Crippen LogP contribution in [0.4, 0.5) is 4.39 Å². The molecule has 0 atom stereocenters. The topological polar surface area (TPSA) is 12.9 Å². The Morgan fingerprint density at radius 2 is 2.15 bits per heavy atom. The summed E-state index contributed by atoms with van der Waals surface area (Å²) in [4.78, 5) is 3.91. The third-order valence-electron chi connectivity index (χ3n) is 1.54. The van der Waals surface area contributed by atoms with Gasteiger partial charge in [0.25, 0.3) is 0 Å². The smallest absolute Gasteiger partial charge is 0.141 e. The van der Waals surface area contributed by atoms with Crippen molar-refractivity contribution < 1.29 is 4.39 Å². The number of allylic oxidation sites excluding steroid dienone is 4. The summed E-state index contributed by atoms with van der Waals surface area (Å²) in [6.45, 7) is 7.19. The van der Waals surface area contributed by atoms with Crippen LogP contribution in [0.3, 0.4) is 0 Å². The molecule has 0 aromatic carbocycles. The van der Waals surface area contributed by atoms with Crippen LogP contribution in [0, 0.1) is 5.82 Å². The summed E-state index contributed by atoms with van der Waals surface area (Å²) in [5.74, 6) is -0.342. The Balaban J connectivity index is 3.06. The lowest BCUT2D eigenvalue weighted by molar-refractivity contribution is 0.621. The van der Waals surface area contributed by atoms with Crippen LogP contribution in [0.5, 0.6) is 0 Å². The van der Waals surface area contributed by atoms with Crippen LogP contribution in [-0.4, -0.2) is 4.98 Å². The summed E-state index contributed by atoms with van der Waals surface area (Å²) in [7, 11) is 0. The van der Waals surface area contributed by atoms with Gasteiger partial charge in [-0.15, -0.1) is 0 Å². The lowest BCUT2D eigenvalue weighted by atomic mass is 10.1. The molecule has 0 saturated heterocycles. The predicted octanol–water partition coefficient (Wildman–Crippen LogP) is 2.98. The Morgan fingerprint density at radius 1 is 1.38 bits per heavy atom. The number of hydrogen-bond acceptors (Lipinski definition) is 1. The Kier molecular flexibility index (Phi) is 3.15. The minimum absolute atomic E-state index is 0.342. The summed E-state index contributed by atoms with van der Waals surface area (Å²) in [6, 6.07) is 2.97. The zero-order valence-electron chi connectivity index (χ0n) is 7.20. The van der Waals surface area contributed by atoms with E-state index in [1.165, 1.54) is 12.3 Å². The summed E-state index contributed by atoms with van der Waals surface area (Å²) >= 11 is 0. The van der Waals surface area contributed by atoms with E-state index in [0.717, 1.165) is 5.57 Å². The molecule has 13 heavy (non-hydrogen) atoms. The molecule has 2 heteroatoms. The van der Waals surface area contributed by atoms with Crippen molar-refractivity contribution in [3.05, 3.63) is 61.2 Å². The molecule has 1 rings (SSSR count). The fourth-order valence-electron chi connectivity index (χ4n) is 0.932. The van der Waals surface area contributed by atoms with E-state index in [4.69, 9.17) is 0 Å². The van der Waals surface area contributed by atoms with Crippen molar-refractivity contribution >= 4 is 5.57 Å². The average Bonchev–Trinajstić information content (AvgIpc) is 2.16. The molecule has 0 bridgehead atoms. The zero-order valence-corrected chi connectivity index (χ0v) is 7.20. The minimum Gasteiger partial charge on any atom is -0.253 e. The van der Waals surface area contributed by atoms with E-state index in [2.05, 4.69) is 18.1 Å². The van der Waals surface area contributed by atoms with Crippen molar-refractivity contribution in [1.29, 1.82) is 0 Å². The summed E-state index contributed by atoms with van der Waals surface area (Å²) in [6.07, 6.45) is 6.24. The van der Waals surface area contributed by atoms with Crippen LogP contribution >= 0.6 is 0 Å². The number of hydrogen-bond donors (Lipinski definition) is 0. The normalized spacial score (nSPS) is 11.0. The van der Waals surface area contributed by atoms with E-state index >= 15 is 0 Å². The van der Waals surface area contributed by atoms with Crippen molar-refractivity contribution in [3.8, 4) is 0 Å². The molecule has 1 aromatic rings.